The van der Waals surface area contributed by atoms with Crippen molar-refractivity contribution >= 4 is 17.6 Å². The Labute approximate surface area is 149 Å². The molecular formula is C23H22O2. The zero-order chi connectivity index (χ0) is 17.9. The van der Waals surface area contributed by atoms with Gasteiger partial charge in [-0.3, -0.25) is 0 Å². The molecule has 0 radical (unpaired) electrons. The molecule has 0 atom stereocenters. The molecule has 0 N–H and O–H groups in total. The number of hydrogen-bond acceptors (Lipinski definition) is 2. The second kappa shape index (κ2) is 9.89. The van der Waals surface area contributed by atoms with Crippen molar-refractivity contribution in [3.63, 3.8) is 0 Å². The molecule has 2 heteroatoms. The molecule has 2 nitrogen and oxygen atoms in total. The maximum Gasteiger partial charge on any atom is 0.338 e. The van der Waals surface area contributed by atoms with E-state index in [2.05, 4.69) is 6.58 Å². The largest absolute Gasteiger partial charge is 0.458 e. The summed E-state index contributed by atoms with van der Waals surface area (Å²) in [6.07, 6.45) is 8.98. The standard InChI is InChI=1S/C23H22O2/c1-3-17-25-23(24)22(16-10-13-20-11-6-4-7-12-20)18-19(2)21-14-8-5-9-15-21/h3-16,18H,1,17H2,2H3. The number of carbonyl (C=O) groups excluding carboxylic acids is 1. The number of allylic oxidation sites excluding steroid dienone is 3. The molecule has 126 valence electrons. The summed E-state index contributed by atoms with van der Waals surface area (Å²) < 4.78 is 5.19. The molecule has 25 heavy (non-hydrogen) atoms. The summed E-state index contributed by atoms with van der Waals surface area (Å²) >= 11 is 0. The Morgan fingerprint density at radius 2 is 1.68 bits per heavy atom. The van der Waals surface area contributed by atoms with Crippen molar-refractivity contribution in [3.8, 4) is 0 Å². The zero-order valence-corrected chi connectivity index (χ0v) is 14.4. The molecule has 2 aromatic rings. The summed E-state index contributed by atoms with van der Waals surface area (Å²) in [6.45, 7) is 5.74. The highest BCUT2D eigenvalue weighted by Gasteiger charge is 2.08. The summed E-state index contributed by atoms with van der Waals surface area (Å²) in [6, 6.07) is 19.9. The molecule has 0 saturated carbocycles. The molecule has 0 aromatic heterocycles. The van der Waals surface area contributed by atoms with Gasteiger partial charge < -0.3 is 4.74 Å². The lowest BCUT2D eigenvalue weighted by Gasteiger charge is -2.05. The van der Waals surface area contributed by atoms with Gasteiger partial charge in [-0.1, -0.05) is 85.5 Å². The van der Waals surface area contributed by atoms with Crippen LogP contribution in [0.25, 0.3) is 11.6 Å². The molecule has 0 aliphatic carbocycles. The maximum atomic E-state index is 12.3. The fraction of sp³-hybridized carbons (Fsp3) is 0.0870. The minimum absolute atomic E-state index is 0.191. The van der Waals surface area contributed by atoms with E-state index in [1.165, 1.54) is 0 Å². The van der Waals surface area contributed by atoms with Crippen molar-refractivity contribution in [2.45, 2.75) is 6.92 Å². The Balaban J connectivity index is 2.26. The third-order valence-corrected chi connectivity index (χ3v) is 3.53. The van der Waals surface area contributed by atoms with E-state index in [-0.39, 0.29) is 12.6 Å². The number of rotatable bonds is 7. The predicted molar refractivity (Wildman–Crippen MR) is 105 cm³/mol. The molecule has 2 aromatic carbocycles. The van der Waals surface area contributed by atoms with E-state index < -0.39 is 0 Å². The molecule has 0 bridgehead atoms. The lowest BCUT2D eigenvalue weighted by Crippen LogP contribution is -2.06. The topological polar surface area (TPSA) is 26.3 Å². The Hall–Kier alpha value is -3.13. The lowest BCUT2D eigenvalue weighted by molar-refractivity contribution is -0.137. The van der Waals surface area contributed by atoms with Gasteiger partial charge in [-0.25, -0.2) is 4.79 Å². The summed E-state index contributed by atoms with van der Waals surface area (Å²) in [5.74, 6) is -0.368. The van der Waals surface area contributed by atoms with Gasteiger partial charge in [-0.2, -0.15) is 0 Å². The van der Waals surface area contributed by atoms with E-state index in [4.69, 9.17) is 4.74 Å². The maximum absolute atomic E-state index is 12.3. The first-order chi connectivity index (χ1) is 12.2. The lowest BCUT2D eigenvalue weighted by atomic mass is 10.0. The Morgan fingerprint density at radius 1 is 1.04 bits per heavy atom. The normalized spacial score (nSPS) is 12.2. The molecule has 0 spiro atoms. The van der Waals surface area contributed by atoms with Crippen molar-refractivity contribution < 1.29 is 9.53 Å². The number of ether oxygens (including phenoxy) is 1. The monoisotopic (exact) mass is 330 g/mol. The van der Waals surface area contributed by atoms with Crippen LogP contribution in [-0.2, 0) is 9.53 Å². The van der Waals surface area contributed by atoms with Crippen molar-refractivity contribution in [3.05, 3.63) is 108 Å². The van der Waals surface area contributed by atoms with Crippen LogP contribution in [0.1, 0.15) is 18.1 Å². The minimum atomic E-state index is -0.368. The Bertz CT molecular complexity index is 781. The highest BCUT2D eigenvalue weighted by molar-refractivity contribution is 5.94. The van der Waals surface area contributed by atoms with Crippen LogP contribution in [0.3, 0.4) is 0 Å². The molecule has 0 amide bonds. The molecule has 0 heterocycles. The average molecular weight is 330 g/mol. The third kappa shape index (κ3) is 6.11. The van der Waals surface area contributed by atoms with Gasteiger partial charge in [-0.15, -0.1) is 0 Å². The van der Waals surface area contributed by atoms with Gasteiger partial charge in [0.25, 0.3) is 0 Å². The minimum Gasteiger partial charge on any atom is -0.458 e. The highest BCUT2D eigenvalue weighted by atomic mass is 16.5. The first-order valence-electron chi connectivity index (χ1n) is 8.16. The first kappa shape index (κ1) is 18.2. The fourth-order valence-electron chi connectivity index (χ4n) is 2.24. The average Bonchev–Trinajstić information content (AvgIpc) is 2.66. The third-order valence-electron chi connectivity index (χ3n) is 3.53. The summed E-state index contributed by atoms with van der Waals surface area (Å²) in [4.78, 5) is 12.3. The van der Waals surface area contributed by atoms with Gasteiger partial charge in [-0.05, 0) is 35.8 Å². The smallest absolute Gasteiger partial charge is 0.338 e. The van der Waals surface area contributed by atoms with E-state index in [0.717, 1.165) is 16.7 Å². The van der Waals surface area contributed by atoms with Crippen LogP contribution in [0.5, 0.6) is 0 Å². The summed E-state index contributed by atoms with van der Waals surface area (Å²) in [7, 11) is 0. The Morgan fingerprint density at radius 3 is 2.32 bits per heavy atom. The molecule has 0 unspecified atom stereocenters. The van der Waals surface area contributed by atoms with Crippen molar-refractivity contribution in [1.82, 2.24) is 0 Å². The number of hydrogen-bond donors (Lipinski definition) is 0. The zero-order valence-electron chi connectivity index (χ0n) is 14.4. The summed E-state index contributed by atoms with van der Waals surface area (Å²) in [5, 5.41) is 0. The molecule has 2 rings (SSSR count). The van der Waals surface area contributed by atoms with Crippen LogP contribution >= 0.6 is 0 Å². The highest BCUT2D eigenvalue weighted by Crippen LogP contribution is 2.16. The van der Waals surface area contributed by atoms with E-state index in [9.17, 15) is 4.79 Å². The van der Waals surface area contributed by atoms with Crippen LogP contribution in [-0.4, -0.2) is 12.6 Å². The quantitative estimate of drug-likeness (QED) is 0.292. The number of benzene rings is 2. The van der Waals surface area contributed by atoms with Gasteiger partial charge >= 0.3 is 5.97 Å². The molecule has 0 fully saturated rings. The van der Waals surface area contributed by atoms with E-state index in [0.29, 0.717) is 5.57 Å². The number of carbonyl (C=O) groups is 1. The van der Waals surface area contributed by atoms with Crippen LogP contribution in [0.4, 0.5) is 0 Å². The second-order valence-electron chi connectivity index (χ2n) is 5.47. The molecular weight excluding hydrogens is 308 g/mol. The predicted octanol–water partition coefficient (Wildman–Crippen LogP) is 5.46. The SMILES string of the molecule is C=CCOC(=O)C(=CC=Cc1ccccc1)C=C(C)c1ccccc1. The van der Waals surface area contributed by atoms with Gasteiger partial charge in [0, 0.05) is 0 Å². The van der Waals surface area contributed by atoms with E-state index in [1.807, 2.05) is 85.8 Å². The van der Waals surface area contributed by atoms with Gasteiger partial charge in [0.2, 0.25) is 0 Å². The van der Waals surface area contributed by atoms with Gasteiger partial charge in [0.15, 0.2) is 0 Å². The van der Waals surface area contributed by atoms with Gasteiger partial charge in [0.05, 0.1) is 5.57 Å². The van der Waals surface area contributed by atoms with Crippen molar-refractivity contribution in [2.24, 2.45) is 0 Å². The van der Waals surface area contributed by atoms with Crippen LogP contribution in [0.15, 0.2) is 97.1 Å². The van der Waals surface area contributed by atoms with E-state index in [1.54, 1.807) is 12.2 Å². The Kier molecular flexibility index (Phi) is 7.20. The van der Waals surface area contributed by atoms with Crippen LogP contribution in [0.2, 0.25) is 0 Å². The van der Waals surface area contributed by atoms with Crippen molar-refractivity contribution in [1.29, 1.82) is 0 Å². The first-order valence-corrected chi connectivity index (χ1v) is 8.16. The fourth-order valence-corrected chi connectivity index (χ4v) is 2.24. The molecule has 0 saturated heterocycles. The van der Waals surface area contributed by atoms with Crippen molar-refractivity contribution in [2.75, 3.05) is 6.61 Å². The molecule has 0 aliphatic rings. The summed E-state index contributed by atoms with van der Waals surface area (Å²) in [5.41, 5.74) is 3.63. The van der Waals surface area contributed by atoms with Crippen LogP contribution < -0.4 is 0 Å². The number of esters is 1. The second-order valence-corrected chi connectivity index (χ2v) is 5.47. The van der Waals surface area contributed by atoms with Gasteiger partial charge in [0.1, 0.15) is 6.61 Å². The van der Waals surface area contributed by atoms with E-state index >= 15 is 0 Å². The van der Waals surface area contributed by atoms with Crippen LogP contribution in [0, 0.1) is 0 Å². The molecule has 0 aliphatic heterocycles.